The van der Waals surface area contributed by atoms with Crippen LogP contribution in [-0.4, -0.2) is 9.67 Å². The number of aliphatic hydroxyl groups excluding tert-OH is 1. The van der Waals surface area contributed by atoms with E-state index in [1.807, 2.05) is 49.5 Å². The van der Waals surface area contributed by atoms with Gasteiger partial charge in [-0.05, 0) is 61.2 Å². The second-order valence-electron chi connectivity index (χ2n) is 6.58. The zero-order chi connectivity index (χ0) is 17.8. The summed E-state index contributed by atoms with van der Waals surface area (Å²) in [5.41, 5.74) is 3.32. The molecule has 0 spiro atoms. The number of hydrogen-bond acceptors (Lipinski definition) is 1. The van der Waals surface area contributed by atoms with Gasteiger partial charge in [-0.2, -0.15) is 0 Å². The zero-order valence-corrected chi connectivity index (χ0v) is 15.9. The molecule has 0 fully saturated rings. The summed E-state index contributed by atoms with van der Waals surface area (Å²) >= 11 is 12.1. The van der Waals surface area contributed by atoms with Crippen LogP contribution >= 0.6 is 23.2 Å². The molecule has 1 aromatic heterocycles. The van der Waals surface area contributed by atoms with Gasteiger partial charge in [0.1, 0.15) is 0 Å². The summed E-state index contributed by atoms with van der Waals surface area (Å²) in [6.45, 7) is 0. The minimum absolute atomic E-state index is 0.442. The Morgan fingerprint density at radius 3 is 2.56 bits per heavy atom. The minimum atomic E-state index is -0.442. The van der Waals surface area contributed by atoms with Crippen molar-refractivity contribution in [1.29, 1.82) is 0 Å². The number of fused-ring (bicyclic) bond motifs is 1. The van der Waals surface area contributed by atoms with E-state index >= 15 is 0 Å². The third-order valence-corrected chi connectivity index (χ3v) is 5.19. The number of hydrogen-bond donors (Lipinski definition) is 1. The molecule has 1 atom stereocenters. The normalized spacial score (nSPS) is 12.6. The van der Waals surface area contributed by atoms with Gasteiger partial charge in [0.15, 0.2) is 0 Å². The monoisotopic (exact) mass is 375 g/mol. The van der Waals surface area contributed by atoms with Crippen molar-refractivity contribution in [2.75, 3.05) is 0 Å². The van der Waals surface area contributed by atoms with E-state index in [4.69, 9.17) is 23.2 Å². The Bertz CT molecular complexity index is 856. The highest BCUT2D eigenvalue weighted by atomic mass is 35.5. The molecule has 2 nitrogen and oxygen atoms in total. The Hall–Kier alpha value is -1.48. The summed E-state index contributed by atoms with van der Waals surface area (Å²) < 4.78 is 2.06. The van der Waals surface area contributed by atoms with Gasteiger partial charge in [0, 0.05) is 33.7 Å². The highest BCUT2D eigenvalue weighted by Gasteiger charge is 2.14. The van der Waals surface area contributed by atoms with Gasteiger partial charge in [-0.1, -0.05) is 48.2 Å². The summed E-state index contributed by atoms with van der Waals surface area (Å²) in [4.78, 5) is 0. The molecule has 1 N–H and O–H groups in total. The first-order valence-corrected chi connectivity index (χ1v) is 9.47. The summed E-state index contributed by atoms with van der Waals surface area (Å²) in [6.07, 6.45) is 4.57. The van der Waals surface area contributed by atoms with E-state index in [1.165, 1.54) is 5.56 Å². The Kier molecular flexibility index (Phi) is 6.06. The van der Waals surface area contributed by atoms with E-state index in [2.05, 4.69) is 10.6 Å². The fourth-order valence-corrected chi connectivity index (χ4v) is 3.74. The van der Waals surface area contributed by atoms with E-state index in [1.54, 1.807) is 0 Å². The van der Waals surface area contributed by atoms with Crippen molar-refractivity contribution in [3.63, 3.8) is 0 Å². The number of aryl methyl sites for hydroxylation is 2. The van der Waals surface area contributed by atoms with Crippen LogP contribution in [0, 0.1) is 0 Å². The van der Waals surface area contributed by atoms with Crippen molar-refractivity contribution in [3.05, 3.63) is 69.8 Å². The fourth-order valence-electron chi connectivity index (χ4n) is 3.35. The van der Waals surface area contributed by atoms with Crippen molar-refractivity contribution in [1.82, 2.24) is 4.57 Å². The molecule has 0 aliphatic heterocycles. The lowest BCUT2D eigenvalue weighted by atomic mass is 10.0. The molecule has 3 aromatic rings. The van der Waals surface area contributed by atoms with Crippen molar-refractivity contribution >= 4 is 34.1 Å². The molecule has 0 saturated carbocycles. The molecular weight excluding hydrogens is 353 g/mol. The highest BCUT2D eigenvalue weighted by molar-refractivity contribution is 6.31. The molecule has 0 amide bonds. The minimum Gasteiger partial charge on any atom is -0.387 e. The van der Waals surface area contributed by atoms with Gasteiger partial charge < -0.3 is 9.67 Å². The second kappa shape index (κ2) is 8.27. The third kappa shape index (κ3) is 4.58. The number of aliphatic hydroxyl groups is 1. The van der Waals surface area contributed by atoms with E-state index in [-0.39, 0.29) is 0 Å². The lowest BCUT2D eigenvalue weighted by molar-refractivity contribution is 0.156. The van der Waals surface area contributed by atoms with E-state index in [0.29, 0.717) is 0 Å². The van der Waals surface area contributed by atoms with Crippen LogP contribution in [0.15, 0.2) is 48.5 Å². The second-order valence-corrected chi connectivity index (χ2v) is 7.45. The molecule has 0 radical (unpaired) electrons. The predicted octanol–water partition coefficient (Wildman–Crippen LogP) is 6.32. The maximum Gasteiger partial charge on any atom is 0.0940 e. The molecule has 0 saturated heterocycles. The smallest absolute Gasteiger partial charge is 0.0940 e. The molecule has 1 unspecified atom stereocenters. The Labute approximate surface area is 159 Å². The van der Waals surface area contributed by atoms with Crippen molar-refractivity contribution in [2.24, 2.45) is 7.05 Å². The number of benzene rings is 2. The van der Waals surface area contributed by atoms with Gasteiger partial charge in [-0.15, -0.1) is 0 Å². The van der Waals surface area contributed by atoms with E-state index in [0.717, 1.165) is 58.7 Å². The zero-order valence-electron chi connectivity index (χ0n) is 14.4. The lowest BCUT2D eigenvalue weighted by Crippen LogP contribution is -2.04. The average molecular weight is 376 g/mol. The van der Waals surface area contributed by atoms with Crippen molar-refractivity contribution in [2.45, 2.75) is 38.2 Å². The molecule has 1 heterocycles. The maximum atomic E-state index is 10.6. The van der Waals surface area contributed by atoms with E-state index < -0.39 is 6.10 Å². The largest absolute Gasteiger partial charge is 0.387 e. The Balaban J connectivity index is 1.51. The topological polar surface area (TPSA) is 25.2 Å². The number of halogens is 2. The van der Waals surface area contributed by atoms with Gasteiger partial charge in [-0.25, -0.2) is 0 Å². The molecule has 4 heteroatoms. The van der Waals surface area contributed by atoms with Gasteiger partial charge in [0.25, 0.3) is 0 Å². The maximum absolute atomic E-state index is 10.6. The molecule has 3 rings (SSSR count). The summed E-state index contributed by atoms with van der Waals surface area (Å²) in [6, 6.07) is 15.9. The van der Waals surface area contributed by atoms with Crippen LogP contribution < -0.4 is 0 Å². The number of rotatable bonds is 7. The van der Waals surface area contributed by atoms with Crippen LogP contribution in [0.1, 0.15) is 43.0 Å². The molecule has 0 bridgehead atoms. The van der Waals surface area contributed by atoms with Gasteiger partial charge in [0.2, 0.25) is 0 Å². The number of aromatic nitrogens is 1. The first-order valence-electron chi connectivity index (χ1n) is 8.72. The van der Waals surface area contributed by atoms with Crippen LogP contribution in [0.3, 0.4) is 0 Å². The van der Waals surface area contributed by atoms with E-state index in [9.17, 15) is 5.11 Å². The quantitative estimate of drug-likeness (QED) is 0.480. The number of nitrogens with zero attached hydrogens (tertiary/aromatic N) is 1. The van der Waals surface area contributed by atoms with Crippen LogP contribution in [-0.2, 0) is 13.5 Å². The summed E-state index contributed by atoms with van der Waals surface area (Å²) in [5, 5.41) is 13.1. The predicted molar refractivity (Wildman–Crippen MR) is 107 cm³/mol. The SMILES string of the molecule is Cn1c(C(O)CCCCCc2cccc(Cl)c2)cc2cc(Cl)ccc21. The van der Waals surface area contributed by atoms with Crippen molar-refractivity contribution in [3.8, 4) is 0 Å². The summed E-state index contributed by atoms with van der Waals surface area (Å²) in [5.74, 6) is 0. The first-order chi connectivity index (χ1) is 12.0. The molecule has 132 valence electrons. The van der Waals surface area contributed by atoms with Crippen LogP contribution in [0.4, 0.5) is 0 Å². The standard InChI is InChI=1S/C21H23Cl2NO/c1-24-19-11-10-18(23)13-16(19)14-20(24)21(25)9-4-2-3-6-15-7-5-8-17(22)12-15/h5,7-8,10-14,21,25H,2-4,6,9H2,1H3. The molecular formula is C21H23Cl2NO. The molecule has 2 aromatic carbocycles. The Morgan fingerprint density at radius 1 is 0.960 bits per heavy atom. The van der Waals surface area contributed by atoms with Crippen LogP contribution in [0.2, 0.25) is 10.0 Å². The summed E-state index contributed by atoms with van der Waals surface area (Å²) in [7, 11) is 1.99. The Morgan fingerprint density at radius 2 is 1.76 bits per heavy atom. The van der Waals surface area contributed by atoms with Crippen molar-refractivity contribution < 1.29 is 5.11 Å². The van der Waals surface area contributed by atoms with Crippen LogP contribution in [0.25, 0.3) is 10.9 Å². The van der Waals surface area contributed by atoms with Gasteiger partial charge in [0.05, 0.1) is 6.10 Å². The highest BCUT2D eigenvalue weighted by Crippen LogP contribution is 2.28. The first kappa shape index (κ1) is 18.3. The molecule has 25 heavy (non-hydrogen) atoms. The molecule has 0 aliphatic rings. The fraction of sp³-hybridized carbons (Fsp3) is 0.333. The van der Waals surface area contributed by atoms with Crippen LogP contribution in [0.5, 0.6) is 0 Å². The average Bonchev–Trinajstić information content (AvgIpc) is 2.90. The van der Waals surface area contributed by atoms with Gasteiger partial charge >= 0.3 is 0 Å². The van der Waals surface area contributed by atoms with Gasteiger partial charge in [-0.3, -0.25) is 0 Å². The lowest BCUT2D eigenvalue weighted by Gasteiger charge is -2.12. The molecule has 0 aliphatic carbocycles. The third-order valence-electron chi connectivity index (χ3n) is 4.72. The number of unbranched alkanes of at least 4 members (excludes halogenated alkanes) is 2.